The predicted octanol–water partition coefficient (Wildman–Crippen LogP) is 0.405. The molecule has 0 aliphatic heterocycles. The van der Waals surface area contributed by atoms with Crippen molar-refractivity contribution in [2.24, 2.45) is 11.7 Å². The average molecular weight is 99.1 g/mol. The highest BCUT2D eigenvalue weighted by atomic mass is 16.3. The normalized spacial score (nSPS) is 37.9. The fraction of sp³-hybridized carbons (Fsp3) is 0.600. The van der Waals surface area contributed by atoms with Crippen LogP contribution >= 0.6 is 0 Å². The molecule has 0 spiro atoms. The van der Waals surface area contributed by atoms with Gasteiger partial charge < -0.3 is 10.8 Å². The van der Waals surface area contributed by atoms with E-state index in [4.69, 9.17) is 10.8 Å². The lowest BCUT2D eigenvalue weighted by molar-refractivity contribution is 0.379. The minimum Gasteiger partial charge on any atom is -0.513 e. The Kier molecular flexibility index (Phi) is 0.820. The maximum Gasteiger partial charge on any atom is 0.0898 e. The van der Waals surface area contributed by atoms with Crippen molar-refractivity contribution in [2.75, 3.05) is 0 Å². The molecule has 0 aromatic rings. The summed E-state index contributed by atoms with van der Waals surface area (Å²) in [5.41, 5.74) is 5.35. The summed E-state index contributed by atoms with van der Waals surface area (Å²) in [5.74, 6) is 0.451. The number of hydrogen-bond donors (Lipinski definition) is 2. The topological polar surface area (TPSA) is 46.2 Å². The molecule has 0 bridgehead atoms. The number of aliphatic hydroxyl groups is 1. The summed E-state index contributed by atoms with van der Waals surface area (Å²) in [4.78, 5) is 0. The summed E-state index contributed by atoms with van der Waals surface area (Å²) >= 11 is 0. The fourth-order valence-electron chi connectivity index (χ4n) is 0.598. The predicted molar refractivity (Wildman–Crippen MR) is 27.9 cm³/mol. The zero-order chi connectivity index (χ0) is 5.44. The summed E-state index contributed by atoms with van der Waals surface area (Å²) in [7, 11) is 0. The number of aliphatic hydroxyl groups excluding tert-OH is 1. The van der Waals surface area contributed by atoms with Crippen LogP contribution in [0.1, 0.15) is 6.42 Å². The van der Waals surface area contributed by atoms with Crippen molar-refractivity contribution < 1.29 is 5.11 Å². The van der Waals surface area contributed by atoms with Gasteiger partial charge in [-0.25, -0.2) is 0 Å². The van der Waals surface area contributed by atoms with E-state index in [1.165, 1.54) is 0 Å². The number of rotatable bonds is 1. The number of nitrogens with two attached hydrogens (primary N) is 1. The quantitative estimate of drug-likeness (QED) is 0.467. The smallest absolute Gasteiger partial charge is 0.0898 e. The Morgan fingerprint density at radius 2 is 2.29 bits per heavy atom. The van der Waals surface area contributed by atoms with Crippen LogP contribution in [-0.2, 0) is 0 Å². The van der Waals surface area contributed by atoms with Crippen molar-refractivity contribution in [1.82, 2.24) is 0 Å². The Balaban J connectivity index is 2.33. The molecule has 0 aromatic carbocycles. The molecular weight excluding hydrogens is 90.1 g/mol. The third-order valence-electron chi connectivity index (χ3n) is 1.27. The summed E-state index contributed by atoms with van der Waals surface area (Å²) in [6.07, 6.45) is 0.912. The van der Waals surface area contributed by atoms with E-state index in [0.29, 0.717) is 0 Å². The summed E-state index contributed by atoms with van der Waals surface area (Å²) in [6.45, 7) is 3.34. The van der Waals surface area contributed by atoms with Crippen LogP contribution in [0.15, 0.2) is 12.3 Å². The van der Waals surface area contributed by atoms with Crippen LogP contribution in [0.25, 0.3) is 0 Å². The second-order valence-electron chi connectivity index (χ2n) is 2.00. The Hall–Kier alpha value is -0.500. The van der Waals surface area contributed by atoms with Crippen LogP contribution < -0.4 is 5.73 Å². The molecule has 0 saturated heterocycles. The second kappa shape index (κ2) is 1.23. The van der Waals surface area contributed by atoms with E-state index in [2.05, 4.69) is 6.58 Å². The third-order valence-corrected chi connectivity index (χ3v) is 1.27. The van der Waals surface area contributed by atoms with Gasteiger partial charge in [-0.15, -0.1) is 0 Å². The monoisotopic (exact) mass is 99.1 g/mol. The first-order valence-electron chi connectivity index (χ1n) is 2.35. The number of hydrogen-bond acceptors (Lipinski definition) is 2. The summed E-state index contributed by atoms with van der Waals surface area (Å²) in [6, 6.07) is 0.192. The largest absolute Gasteiger partial charge is 0.513 e. The van der Waals surface area contributed by atoms with Crippen molar-refractivity contribution in [3.63, 3.8) is 0 Å². The fourth-order valence-corrected chi connectivity index (χ4v) is 0.598. The van der Waals surface area contributed by atoms with Gasteiger partial charge in [-0.05, 0) is 6.42 Å². The molecule has 0 radical (unpaired) electrons. The van der Waals surface area contributed by atoms with E-state index in [1.54, 1.807) is 0 Å². The van der Waals surface area contributed by atoms with Crippen molar-refractivity contribution in [1.29, 1.82) is 0 Å². The zero-order valence-corrected chi connectivity index (χ0v) is 4.09. The van der Waals surface area contributed by atoms with Gasteiger partial charge in [0.2, 0.25) is 0 Å². The van der Waals surface area contributed by atoms with Crippen molar-refractivity contribution in [3.8, 4) is 0 Å². The first kappa shape index (κ1) is 4.65. The molecule has 40 valence electrons. The van der Waals surface area contributed by atoms with Gasteiger partial charge in [0.25, 0.3) is 0 Å². The molecule has 2 heteroatoms. The maximum absolute atomic E-state index is 8.59. The maximum atomic E-state index is 8.59. The first-order valence-corrected chi connectivity index (χ1v) is 2.35. The van der Waals surface area contributed by atoms with Gasteiger partial charge >= 0.3 is 0 Å². The van der Waals surface area contributed by atoms with Gasteiger partial charge in [0.05, 0.1) is 5.76 Å². The van der Waals surface area contributed by atoms with Gasteiger partial charge in [0.15, 0.2) is 0 Å². The highest BCUT2D eigenvalue weighted by Crippen LogP contribution is 2.32. The minimum atomic E-state index is 0.192. The summed E-state index contributed by atoms with van der Waals surface area (Å²) in [5, 5.41) is 8.59. The van der Waals surface area contributed by atoms with Crippen LogP contribution in [0, 0.1) is 5.92 Å². The van der Waals surface area contributed by atoms with Crippen LogP contribution in [0.3, 0.4) is 0 Å². The van der Waals surface area contributed by atoms with E-state index in [0.717, 1.165) is 6.42 Å². The lowest BCUT2D eigenvalue weighted by Gasteiger charge is -1.87. The summed E-state index contributed by atoms with van der Waals surface area (Å²) < 4.78 is 0. The molecule has 2 nitrogen and oxygen atoms in total. The molecule has 3 N–H and O–H groups in total. The highest BCUT2D eigenvalue weighted by Gasteiger charge is 2.35. The molecule has 1 aliphatic rings. The van der Waals surface area contributed by atoms with Crippen LogP contribution in [0.2, 0.25) is 0 Å². The Bertz CT molecular complexity index is 100. The molecule has 1 aliphatic carbocycles. The first-order chi connectivity index (χ1) is 3.22. The Morgan fingerprint density at radius 1 is 1.86 bits per heavy atom. The molecule has 0 unspecified atom stereocenters. The molecule has 0 aromatic heterocycles. The lowest BCUT2D eigenvalue weighted by Crippen LogP contribution is -2.02. The van der Waals surface area contributed by atoms with Gasteiger partial charge in [-0.1, -0.05) is 6.58 Å². The molecule has 1 saturated carbocycles. The second-order valence-corrected chi connectivity index (χ2v) is 2.00. The molecule has 1 fully saturated rings. The van der Waals surface area contributed by atoms with E-state index >= 15 is 0 Å². The van der Waals surface area contributed by atoms with Gasteiger partial charge in [-0.2, -0.15) is 0 Å². The molecular formula is C5H9NO. The molecule has 1 rings (SSSR count). The lowest BCUT2D eigenvalue weighted by atomic mass is 10.4. The third kappa shape index (κ3) is 0.747. The van der Waals surface area contributed by atoms with Crippen molar-refractivity contribution in [2.45, 2.75) is 12.5 Å². The Morgan fingerprint density at radius 3 is 2.29 bits per heavy atom. The van der Waals surface area contributed by atoms with E-state index in [9.17, 15) is 0 Å². The zero-order valence-electron chi connectivity index (χ0n) is 4.09. The van der Waals surface area contributed by atoms with Crippen molar-refractivity contribution in [3.05, 3.63) is 12.3 Å². The minimum absolute atomic E-state index is 0.192. The van der Waals surface area contributed by atoms with Gasteiger partial charge in [0.1, 0.15) is 0 Å². The average Bonchev–Trinajstić information content (AvgIpc) is 2.17. The Labute approximate surface area is 42.6 Å². The SMILES string of the molecule is C=C(O)[C@@H]1C[C@H]1N. The van der Waals surface area contributed by atoms with Gasteiger partial charge in [0, 0.05) is 12.0 Å². The molecule has 0 heterocycles. The molecule has 7 heavy (non-hydrogen) atoms. The van der Waals surface area contributed by atoms with Crippen LogP contribution in [0.4, 0.5) is 0 Å². The van der Waals surface area contributed by atoms with Crippen LogP contribution in [0.5, 0.6) is 0 Å². The highest BCUT2D eigenvalue weighted by molar-refractivity contribution is 5.06. The van der Waals surface area contributed by atoms with Crippen molar-refractivity contribution >= 4 is 0 Å². The van der Waals surface area contributed by atoms with Crippen LogP contribution in [-0.4, -0.2) is 11.1 Å². The van der Waals surface area contributed by atoms with Gasteiger partial charge in [-0.3, -0.25) is 0 Å². The van der Waals surface area contributed by atoms with E-state index in [1.807, 2.05) is 0 Å². The molecule has 0 amide bonds. The standard InChI is InChI=1S/C5H9NO/c1-3(7)4-2-5(4)6/h4-5,7H,1-2,6H2/t4-,5+/m0/s1. The van der Waals surface area contributed by atoms with E-state index in [-0.39, 0.29) is 17.7 Å². The van der Waals surface area contributed by atoms with E-state index < -0.39 is 0 Å². The molecule has 2 atom stereocenters.